The lowest BCUT2D eigenvalue weighted by Gasteiger charge is -2.07. The minimum Gasteiger partial charge on any atom is -0.282 e. The molecule has 0 unspecified atom stereocenters. The second kappa shape index (κ2) is 4.75. The Balaban J connectivity index is 2.44. The minimum atomic E-state index is -4.40. The molecule has 0 aromatic heterocycles. The van der Waals surface area contributed by atoms with Crippen molar-refractivity contribution in [2.75, 3.05) is 0 Å². The maximum atomic E-state index is 11.4. The molecule has 3 aromatic rings. The molecule has 0 fully saturated rings. The van der Waals surface area contributed by atoms with Crippen LogP contribution in [-0.2, 0) is 20.2 Å². The van der Waals surface area contributed by atoms with Gasteiger partial charge in [0.05, 0.1) is 4.90 Å². The van der Waals surface area contributed by atoms with Gasteiger partial charge in [0.1, 0.15) is 4.90 Å². The fourth-order valence-electron chi connectivity index (χ4n) is 2.36. The molecular formula is C14H10O6S2. The van der Waals surface area contributed by atoms with E-state index in [1.807, 2.05) is 0 Å². The number of rotatable bonds is 2. The third-order valence-corrected chi connectivity index (χ3v) is 5.11. The van der Waals surface area contributed by atoms with Crippen LogP contribution in [0.3, 0.4) is 0 Å². The summed E-state index contributed by atoms with van der Waals surface area (Å²) in [5.41, 5.74) is 0. The van der Waals surface area contributed by atoms with Gasteiger partial charge in [-0.25, -0.2) is 0 Å². The summed E-state index contributed by atoms with van der Waals surface area (Å²) in [5.74, 6) is 0. The second-order valence-corrected chi connectivity index (χ2v) is 7.60. The van der Waals surface area contributed by atoms with Gasteiger partial charge in [-0.2, -0.15) is 16.8 Å². The van der Waals surface area contributed by atoms with Gasteiger partial charge in [-0.05, 0) is 46.5 Å². The SMILES string of the molecule is O=S(=O)(O)c1ccc2cc3cccc(S(=O)(=O)O)c3cc2c1. The van der Waals surface area contributed by atoms with E-state index in [1.54, 1.807) is 12.1 Å². The smallest absolute Gasteiger partial charge is 0.282 e. The van der Waals surface area contributed by atoms with Crippen LogP contribution < -0.4 is 0 Å². The maximum Gasteiger partial charge on any atom is 0.295 e. The zero-order chi connectivity index (χ0) is 16.1. The van der Waals surface area contributed by atoms with Crippen LogP contribution in [0.25, 0.3) is 21.5 Å². The lowest BCUT2D eigenvalue weighted by molar-refractivity contribution is 0.481. The molecule has 0 aliphatic heterocycles. The van der Waals surface area contributed by atoms with Crippen LogP contribution in [0.1, 0.15) is 0 Å². The molecule has 3 aromatic carbocycles. The van der Waals surface area contributed by atoms with Gasteiger partial charge in [0, 0.05) is 5.39 Å². The predicted octanol–water partition coefficient (Wildman–Crippen LogP) is 2.49. The number of fused-ring (bicyclic) bond motifs is 2. The molecule has 2 N–H and O–H groups in total. The van der Waals surface area contributed by atoms with Gasteiger partial charge in [0.15, 0.2) is 0 Å². The van der Waals surface area contributed by atoms with Crippen molar-refractivity contribution in [1.82, 2.24) is 0 Å². The first-order valence-corrected chi connectivity index (χ1v) is 8.96. The molecule has 3 rings (SSSR count). The Morgan fingerprint density at radius 1 is 0.682 bits per heavy atom. The highest BCUT2D eigenvalue weighted by molar-refractivity contribution is 7.86. The van der Waals surface area contributed by atoms with E-state index in [-0.39, 0.29) is 15.2 Å². The highest BCUT2D eigenvalue weighted by Gasteiger charge is 2.15. The standard InChI is InChI=1S/C14H10O6S2/c15-21(16,17)12-5-4-9-6-10-2-1-3-14(22(18,19)20)13(10)8-11(9)7-12/h1-8H,(H,15,16,17)(H,18,19,20). The Hall–Kier alpha value is -2.00. The van der Waals surface area contributed by atoms with Crippen molar-refractivity contribution < 1.29 is 25.9 Å². The summed E-state index contributed by atoms with van der Waals surface area (Å²) in [6, 6.07) is 11.6. The Morgan fingerprint density at radius 2 is 1.41 bits per heavy atom. The van der Waals surface area contributed by atoms with E-state index in [2.05, 4.69) is 0 Å². The molecule has 0 amide bonds. The van der Waals surface area contributed by atoms with Crippen LogP contribution in [0, 0.1) is 0 Å². The highest BCUT2D eigenvalue weighted by atomic mass is 32.2. The molecule has 0 aliphatic carbocycles. The molecule has 0 radical (unpaired) electrons. The number of hydrogen-bond donors (Lipinski definition) is 2. The summed E-state index contributed by atoms with van der Waals surface area (Å²) in [4.78, 5) is -0.548. The monoisotopic (exact) mass is 338 g/mol. The topological polar surface area (TPSA) is 109 Å². The average Bonchev–Trinajstić information content (AvgIpc) is 2.41. The van der Waals surface area contributed by atoms with Gasteiger partial charge in [-0.3, -0.25) is 9.11 Å². The molecule has 0 saturated heterocycles. The predicted molar refractivity (Wildman–Crippen MR) is 81.1 cm³/mol. The molecule has 22 heavy (non-hydrogen) atoms. The molecule has 0 saturated carbocycles. The molecule has 6 nitrogen and oxygen atoms in total. The van der Waals surface area contributed by atoms with E-state index in [0.717, 1.165) is 0 Å². The van der Waals surface area contributed by atoms with Crippen molar-refractivity contribution >= 4 is 41.8 Å². The largest absolute Gasteiger partial charge is 0.295 e. The van der Waals surface area contributed by atoms with Crippen molar-refractivity contribution in [2.45, 2.75) is 9.79 Å². The summed E-state index contributed by atoms with van der Waals surface area (Å²) in [5, 5.41) is 1.96. The van der Waals surface area contributed by atoms with E-state index >= 15 is 0 Å². The maximum absolute atomic E-state index is 11.4. The third-order valence-electron chi connectivity index (χ3n) is 3.34. The second-order valence-electron chi connectivity index (χ2n) is 4.79. The normalized spacial score (nSPS) is 12.8. The quantitative estimate of drug-likeness (QED) is 0.549. The van der Waals surface area contributed by atoms with Crippen molar-refractivity contribution in [1.29, 1.82) is 0 Å². The fourth-order valence-corrected chi connectivity index (χ4v) is 3.58. The van der Waals surface area contributed by atoms with E-state index in [0.29, 0.717) is 16.2 Å². The van der Waals surface area contributed by atoms with Crippen molar-refractivity contribution in [3.05, 3.63) is 48.5 Å². The van der Waals surface area contributed by atoms with Crippen molar-refractivity contribution in [2.24, 2.45) is 0 Å². The first-order valence-electron chi connectivity index (χ1n) is 6.08. The van der Waals surface area contributed by atoms with Gasteiger partial charge in [-0.1, -0.05) is 18.2 Å². The van der Waals surface area contributed by atoms with Gasteiger partial charge in [0.2, 0.25) is 0 Å². The highest BCUT2D eigenvalue weighted by Crippen LogP contribution is 2.29. The van der Waals surface area contributed by atoms with E-state index in [1.165, 1.54) is 36.4 Å². The molecule has 0 aliphatic rings. The molecule has 0 bridgehead atoms. The number of benzene rings is 3. The van der Waals surface area contributed by atoms with Gasteiger partial charge >= 0.3 is 0 Å². The molecule has 8 heteroatoms. The van der Waals surface area contributed by atoms with E-state index < -0.39 is 20.2 Å². The lowest BCUT2D eigenvalue weighted by Crippen LogP contribution is -1.99. The van der Waals surface area contributed by atoms with Crippen molar-refractivity contribution in [3.8, 4) is 0 Å². The first kappa shape index (κ1) is 14.9. The van der Waals surface area contributed by atoms with E-state index in [4.69, 9.17) is 4.55 Å². The van der Waals surface area contributed by atoms with Crippen LogP contribution >= 0.6 is 0 Å². The Labute approximate surface area is 126 Å². The molecule has 0 heterocycles. The van der Waals surface area contributed by atoms with Crippen molar-refractivity contribution in [3.63, 3.8) is 0 Å². The average molecular weight is 338 g/mol. The summed E-state index contributed by atoms with van der Waals surface area (Å²) >= 11 is 0. The van der Waals surface area contributed by atoms with Crippen LogP contribution in [0.4, 0.5) is 0 Å². The van der Waals surface area contributed by atoms with Crippen LogP contribution in [0.2, 0.25) is 0 Å². The Bertz CT molecular complexity index is 1110. The molecular weight excluding hydrogens is 328 g/mol. The van der Waals surface area contributed by atoms with E-state index in [9.17, 15) is 21.4 Å². The Morgan fingerprint density at radius 3 is 2.05 bits per heavy atom. The summed E-state index contributed by atoms with van der Waals surface area (Å²) in [6.45, 7) is 0. The zero-order valence-corrected chi connectivity index (χ0v) is 12.6. The van der Waals surface area contributed by atoms with Gasteiger partial charge in [0.25, 0.3) is 20.2 Å². The van der Waals surface area contributed by atoms with Gasteiger partial charge in [-0.15, -0.1) is 0 Å². The minimum absolute atomic E-state index is 0.260. The summed E-state index contributed by atoms with van der Waals surface area (Å²) < 4.78 is 63.6. The number of hydrogen-bond acceptors (Lipinski definition) is 4. The first-order chi connectivity index (χ1) is 10.2. The Kier molecular flexibility index (Phi) is 3.22. The molecule has 0 spiro atoms. The van der Waals surface area contributed by atoms with Crippen LogP contribution in [0.15, 0.2) is 58.3 Å². The fraction of sp³-hybridized carbons (Fsp3) is 0. The molecule has 114 valence electrons. The lowest BCUT2D eigenvalue weighted by atomic mass is 10.0. The summed E-state index contributed by atoms with van der Waals surface area (Å²) in [6.07, 6.45) is 0. The molecule has 0 atom stereocenters. The van der Waals surface area contributed by atoms with Crippen LogP contribution in [0.5, 0.6) is 0 Å². The third kappa shape index (κ3) is 2.57. The summed E-state index contributed by atoms with van der Waals surface area (Å²) in [7, 11) is -8.76. The zero-order valence-electron chi connectivity index (χ0n) is 11.0. The van der Waals surface area contributed by atoms with Gasteiger partial charge < -0.3 is 0 Å². The van der Waals surface area contributed by atoms with Crippen LogP contribution in [-0.4, -0.2) is 25.9 Å².